The van der Waals surface area contributed by atoms with Crippen molar-refractivity contribution in [2.75, 3.05) is 0 Å². The minimum Gasteiger partial charge on any atom is -0.382 e. The molecule has 24 heavy (non-hydrogen) atoms. The molecule has 0 saturated carbocycles. The van der Waals surface area contributed by atoms with Gasteiger partial charge in [0.2, 0.25) is 0 Å². The third-order valence-corrected chi connectivity index (χ3v) is 5.20. The number of fused-ring (bicyclic) bond motifs is 3. The average molecular weight is 326 g/mol. The van der Waals surface area contributed by atoms with Gasteiger partial charge in [-0.3, -0.25) is 9.97 Å². The fourth-order valence-electron chi connectivity index (χ4n) is 3.85. The molecule has 0 aliphatic heterocycles. The van der Waals surface area contributed by atoms with Gasteiger partial charge in [0.25, 0.3) is 0 Å². The molecule has 0 radical (unpaired) electrons. The zero-order valence-electron chi connectivity index (χ0n) is 14.5. The lowest BCUT2D eigenvalue weighted by Crippen LogP contribution is -2.52. The van der Waals surface area contributed by atoms with Gasteiger partial charge in [0.1, 0.15) is 11.2 Å². The molecule has 0 bridgehead atoms. The smallest absolute Gasteiger partial charge is 0.125 e. The zero-order valence-corrected chi connectivity index (χ0v) is 14.5. The first-order chi connectivity index (χ1) is 11.6. The van der Waals surface area contributed by atoms with E-state index in [4.69, 9.17) is 0 Å². The normalized spacial score (nSPS) is 25.2. The largest absolute Gasteiger partial charge is 0.382 e. The predicted molar refractivity (Wildman–Crippen MR) is 94.3 cm³/mol. The van der Waals surface area contributed by atoms with E-state index < -0.39 is 11.2 Å². The summed E-state index contributed by atoms with van der Waals surface area (Å²) < 4.78 is 0. The van der Waals surface area contributed by atoms with E-state index in [9.17, 15) is 10.2 Å². The predicted octanol–water partition coefficient (Wildman–Crippen LogP) is 3.91. The van der Waals surface area contributed by atoms with Crippen LogP contribution in [0.3, 0.4) is 0 Å². The molecule has 1 aliphatic carbocycles. The van der Waals surface area contributed by atoms with Crippen LogP contribution in [-0.2, 0) is 11.2 Å². The minimum absolute atomic E-state index is 0.511. The van der Waals surface area contributed by atoms with Crippen LogP contribution in [0.5, 0.6) is 0 Å². The van der Waals surface area contributed by atoms with Gasteiger partial charge in [0.15, 0.2) is 0 Å². The maximum atomic E-state index is 11.7. The number of aliphatic hydroxyl groups is 2. The highest BCUT2D eigenvalue weighted by Gasteiger charge is 2.56. The van der Waals surface area contributed by atoms with E-state index in [0.29, 0.717) is 35.4 Å². The number of pyridine rings is 2. The van der Waals surface area contributed by atoms with Crippen molar-refractivity contribution in [3.8, 4) is 11.4 Å². The Labute approximate surface area is 143 Å². The number of hydrogen-bond acceptors (Lipinski definition) is 4. The lowest BCUT2D eigenvalue weighted by molar-refractivity contribution is -0.177. The van der Waals surface area contributed by atoms with E-state index in [2.05, 4.69) is 23.8 Å². The van der Waals surface area contributed by atoms with Gasteiger partial charge in [-0.25, -0.2) is 0 Å². The Morgan fingerprint density at radius 2 is 1.21 bits per heavy atom. The molecule has 3 rings (SSSR count). The van der Waals surface area contributed by atoms with E-state index in [1.54, 1.807) is 12.4 Å². The molecular weight excluding hydrogens is 300 g/mol. The standard InChI is InChI=1S/C20H26N2O2/c1-3-5-11-19(23)15-9-7-13-21-17(15)18-16(10-8-14-22-18)20(19,24)12-6-4-2/h7-10,13-14,23-24H,3-6,11-12H2,1-2H3/t19-,20-/m1/s1. The monoisotopic (exact) mass is 326 g/mol. The number of hydrogen-bond donors (Lipinski definition) is 2. The first kappa shape index (κ1) is 17.1. The van der Waals surface area contributed by atoms with E-state index in [0.717, 1.165) is 25.7 Å². The van der Waals surface area contributed by atoms with Gasteiger partial charge in [0.05, 0.1) is 11.4 Å². The van der Waals surface area contributed by atoms with Crippen LogP contribution in [0.15, 0.2) is 36.7 Å². The second kappa shape index (κ2) is 6.61. The fraction of sp³-hybridized carbons (Fsp3) is 0.500. The maximum absolute atomic E-state index is 11.7. The summed E-state index contributed by atoms with van der Waals surface area (Å²) in [5, 5.41) is 23.5. The molecule has 0 unspecified atom stereocenters. The molecule has 2 aromatic rings. The summed E-state index contributed by atoms with van der Waals surface area (Å²) in [6, 6.07) is 7.41. The summed E-state index contributed by atoms with van der Waals surface area (Å²) in [5.74, 6) is 0. The van der Waals surface area contributed by atoms with Crippen molar-refractivity contribution in [3.63, 3.8) is 0 Å². The van der Waals surface area contributed by atoms with Crippen LogP contribution in [0.2, 0.25) is 0 Å². The molecule has 2 atom stereocenters. The van der Waals surface area contributed by atoms with Crippen molar-refractivity contribution in [1.82, 2.24) is 9.97 Å². The van der Waals surface area contributed by atoms with Gasteiger partial charge in [-0.15, -0.1) is 0 Å². The highest BCUT2D eigenvalue weighted by molar-refractivity contribution is 5.70. The van der Waals surface area contributed by atoms with Crippen LogP contribution in [0, 0.1) is 0 Å². The van der Waals surface area contributed by atoms with Crippen LogP contribution < -0.4 is 0 Å². The van der Waals surface area contributed by atoms with Crippen molar-refractivity contribution < 1.29 is 10.2 Å². The average Bonchev–Trinajstić information content (AvgIpc) is 2.63. The van der Waals surface area contributed by atoms with Crippen molar-refractivity contribution in [2.45, 2.75) is 63.6 Å². The summed E-state index contributed by atoms with van der Waals surface area (Å²) in [4.78, 5) is 8.95. The molecule has 0 amide bonds. The molecule has 0 saturated heterocycles. The van der Waals surface area contributed by atoms with Crippen LogP contribution in [0.25, 0.3) is 11.4 Å². The van der Waals surface area contributed by atoms with Crippen LogP contribution in [-0.4, -0.2) is 20.2 Å². The van der Waals surface area contributed by atoms with Gasteiger partial charge < -0.3 is 10.2 Å². The Hall–Kier alpha value is -1.78. The van der Waals surface area contributed by atoms with Crippen LogP contribution in [0.1, 0.15) is 63.5 Å². The van der Waals surface area contributed by atoms with E-state index in [1.807, 2.05) is 24.3 Å². The van der Waals surface area contributed by atoms with Crippen LogP contribution in [0.4, 0.5) is 0 Å². The summed E-state index contributed by atoms with van der Waals surface area (Å²) in [5.41, 5.74) is 0.0996. The number of unbranched alkanes of at least 4 members (excludes halogenated alkanes) is 2. The Bertz CT molecular complexity index is 657. The highest BCUT2D eigenvalue weighted by Crippen LogP contribution is 2.54. The molecule has 0 spiro atoms. The van der Waals surface area contributed by atoms with Gasteiger partial charge >= 0.3 is 0 Å². The quantitative estimate of drug-likeness (QED) is 0.844. The third kappa shape index (κ3) is 2.45. The van der Waals surface area contributed by atoms with Crippen LogP contribution >= 0.6 is 0 Å². The molecule has 1 aliphatic rings. The molecule has 2 N–H and O–H groups in total. The molecule has 128 valence electrons. The topological polar surface area (TPSA) is 66.2 Å². The lowest BCUT2D eigenvalue weighted by Gasteiger charge is -2.48. The molecule has 2 aromatic heterocycles. The fourth-order valence-corrected chi connectivity index (χ4v) is 3.85. The maximum Gasteiger partial charge on any atom is 0.125 e. The number of rotatable bonds is 6. The van der Waals surface area contributed by atoms with Crippen molar-refractivity contribution >= 4 is 0 Å². The summed E-state index contributed by atoms with van der Waals surface area (Å²) in [7, 11) is 0. The third-order valence-electron chi connectivity index (χ3n) is 5.20. The van der Waals surface area contributed by atoms with Crippen molar-refractivity contribution in [1.29, 1.82) is 0 Å². The van der Waals surface area contributed by atoms with Gasteiger partial charge in [0, 0.05) is 23.5 Å². The Morgan fingerprint density at radius 1 is 0.792 bits per heavy atom. The van der Waals surface area contributed by atoms with Gasteiger partial charge in [-0.05, 0) is 25.0 Å². The Balaban J connectivity index is 2.25. The molecule has 2 heterocycles. The van der Waals surface area contributed by atoms with E-state index in [-0.39, 0.29) is 0 Å². The molecule has 4 heteroatoms. The lowest BCUT2D eigenvalue weighted by atomic mass is 9.64. The second-order valence-corrected chi connectivity index (χ2v) is 6.73. The zero-order chi connectivity index (χ0) is 17.2. The first-order valence-corrected chi connectivity index (χ1v) is 8.94. The van der Waals surface area contributed by atoms with E-state index in [1.165, 1.54) is 0 Å². The second-order valence-electron chi connectivity index (χ2n) is 6.73. The molecule has 0 fully saturated rings. The molecule has 4 nitrogen and oxygen atoms in total. The van der Waals surface area contributed by atoms with E-state index >= 15 is 0 Å². The summed E-state index contributed by atoms with van der Waals surface area (Å²) in [6.07, 6.45) is 8.06. The Morgan fingerprint density at radius 3 is 1.58 bits per heavy atom. The first-order valence-electron chi connectivity index (χ1n) is 8.94. The minimum atomic E-state index is -1.34. The SMILES string of the molecule is CCCC[C@@]1(O)c2cccnc2-c2ncccc2[C@]1(O)CCCC. The van der Waals surface area contributed by atoms with Gasteiger partial charge in [-0.1, -0.05) is 51.7 Å². The highest BCUT2D eigenvalue weighted by atomic mass is 16.4. The Kier molecular flexibility index (Phi) is 4.70. The van der Waals surface area contributed by atoms with Crippen molar-refractivity contribution in [3.05, 3.63) is 47.8 Å². The number of aromatic nitrogens is 2. The molecule has 0 aromatic carbocycles. The van der Waals surface area contributed by atoms with Crippen molar-refractivity contribution in [2.24, 2.45) is 0 Å². The number of nitrogens with zero attached hydrogens (tertiary/aromatic N) is 2. The van der Waals surface area contributed by atoms with Gasteiger partial charge in [-0.2, -0.15) is 0 Å². The summed E-state index contributed by atoms with van der Waals surface area (Å²) >= 11 is 0. The summed E-state index contributed by atoms with van der Waals surface area (Å²) in [6.45, 7) is 4.19. The molecular formula is C20H26N2O2.